The van der Waals surface area contributed by atoms with Crippen LogP contribution in [0.1, 0.15) is 17.4 Å². The molecular formula is C11H14N2O2S. The van der Waals surface area contributed by atoms with Crippen molar-refractivity contribution in [3.8, 4) is 0 Å². The molecule has 0 atom stereocenters. The number of piperazine rings is 1. The number of amides is 2. The van der Waals surface area contributed by atoms with E-state index in [4.69, 9.17) is 0 Å². The van der Waals surface area contributed by atoms with E-state index < -0.39 is 0 Å². The van der Waals surface area contributed by atoms with Crippen LogP contribution in [0.2, 0.25) is 0 Å². The van der Waals surface area contributed by atoms with Crippen LogP contribution in [-0.2, 0) is 22.6 Å². The lowest BCUT2D eigenvalue weighted by Crippen LogP contribution is -2.50. The summed E-state index contributed by atoms with van der Waals surface area (Å²) in [6.45, 7) is 3.43. The molecule has 0 saturated carbocycles. The smallest absolute Gasteiger partial charge is 0.240 e. The number of aryl methyl sites for hydroxylation is 1. The van der Waals surface area contributed by atoms with Crippen LogP contribution in [0.3, 0.4) is 0 Å². The minimum atomic E-state index is -0.203. The van der Waals surface area contributed by atoms with Gasteiger partial charge in [-0.1, -0.05) is 6.92 Å². The van der Waals surface area contributed by atoms with E-state index in [9.17, 15) is 9.59 Å². The van der Waals surface area contributed by atoms with Crippen molar-refractivity contribution < 1.29 is 9.59 Å². The molecule has 0 unspecified atom stereocenters. The van der Waals surface area contributed by atoms with Gasteiger partial charge in [-0.15, -0.1) is 11.3 Å². The van der Waals surface area contributed by atoms with Crippen LogP contribution in [0.15, 0.2) is 11.4 Å². The zero-order valence-corrected chi connectivity index (χ0v) is 9.97. The van der Waals surface area contributed by atoms with Crippen LogP contribution in [0, 0.1) is 0 Å². The molecule has 0 bridgehead atoms. The maximum absolute atomic E-state index is 11.2. The fourth-order valence-electron chi connectivity index (χ4n) is 1.83. The summed E-state index contributed by atoms with van der Waals surface area (Å²) in [6, 6.07) is 2.10. The lowest BCUT2D eigenvalue weighted by molar-refractivity contribution is -0.136. The first-order valence-corrected chi connectivity index (χ1v) is 6.17. The van der Waals surface area contributed by atoms with Gasteiger partial charge >= 0.3 is 0 Å². The van der Waals surface area contributed by atoms with Crippen molar-refractivity contribution in [3.63, 3.8) is 0 Å². The normalized spacial score (nSPS) is 17.6. The highest BCUT2D eigenvalue weighted by Crippen LogP contribution is 2.19. The van der Waals surface area contributed by atoms with E-state index in [1.807, 2.05) is 4.90 Å². The van der Waals surface area contributed by atoms with Crippen LogP contribution in [-0.4, -0.2) is 29.8 Å². The number of nitrogens with one attached hydrogen (secondary N) is 1. The second-order valence-electron chi connectivity index (χ2n) is 3.84. The summed E-state index contributed by atoms with van der Waals surface area (Å²) in [5, 5.41) is 4.36. The molecule has 1 aliphatic heterocycles. The molecule has 86 valence electrons. The summed E-state index contributed by atoms with van der Waals surface area (Å²) in [6.07, 6.45) is 0.993. The monoisotopic (exact) mass is 238 g/mol. The predicted molar refractivity (Wildman–Crippen MR) is 62.1 cm³/mol. The first-order valence-electron chi connectivity index (χ1n) is 5.29. The molecule has 0 radical (unpaired) electrons. The molecule has 1 fully saturated rings. The second kappa shape index (κ2) is 4.76. The fraction of sp³-hybridized carbons (Fsp3) is 0.455. The Bertz CT molecular complexity index is 398. The molecule has 1 saturated heterocycles. The average molecular weight is 238 g/mol. The first kappa shape index (κ1) is 11.3. The third-order valence-corrected chi connectivity index (χ3v) is 3.55. The summed E-state index contributed by atoms with van der Waals surface area (Å²) in [7, 11) is 0. The van der Waals surface area contributed by atoms with Gasteiger partial charge in [0, 0.05) is 11.4 Å². The number of hydrogen-bond acceptors (Lipinski definition) is 4. The molecule has 1 aliphatic rings. The Morgan fingerprint density at radius 2 is 2.06 bits per heavy atom. The highest BCUT2D eigenvalue weighted by molar-refractivity contribution is 7.10. The summed E-state index contributed by atoms with van der Waals surface area (Å²) in [5.74, 6) is -0.406. The van der Waals surface area contributed by atoms with E-state index in [0.29, 0.717) is 19.6 Å². The van der Waals surface area contributed by atoms with E-state index in [-0.39, 0.29) is 11.8 Å². The SMILES string of the molecule is CCc1ccsc1CN1CC(=O)NC(=O)C1. The van der Waals surface area contributed by atoms with Gasteiger partial charge < -0.3 is 0 Å². The number of carbonyl (C=O) groups is 2. The predicted octanol–water partition coefficient (Wildman–Crippen LogP) is 0.769. The number of rotatable bonds is 3. The largest absolute Gasteiger partial charge is 0.294 e. The number of carbonyl (C=O) groups excluding carboxylic acids is 2. The Labute approximate surface area is 98.3 Å². The summed E-state index contributed by atoms with van der Waals surface area (Å²) in [4.78, 5) is 25.5. The van der Waals surface area contributed by atoms with Gasteiger partial charge in [0.2, 0.25) is 11.8 Å². The maximum Gasteiger partial charge on any atom is 0.240 e. The van der Waals surface area contributed by atoms with Crippen LogP contribution in [0.5, 0.6) is 0 Å². The number of hydrogen-bond donors (Lipinski definition) is 1. The Hall–Kier alpha value is -1.20. The molecule has 2 amide bonds. The molecule has 4 nitrogen and oxygen atoms in total. The van der Waals surface area contributed by atoms with E-state index >= 15 is 0 Å². The van der Waals surface area contributed by atoms with Gasteiger partial charge in [-0.2, -0.15) is 0 Å². The summed E-state index contributed by atoms with van der Waals surface area (Å²) < 4.78 is 0. The molecule has 1 aromatic heterocycles. The topological polar surface area (TPSA) is 49.4 Å². The minimum absolute atomic E-state index is 0.203. The third-order valence-electron chi connectivity index (χ3n) is 2.60. The van der Waals surface area contributed by atoms with Crippen molar-refractivity contribution in [1.82, 2.24) is 10.2 Å². The molecule has 0 aliphatic carbocycles. The van der Waals surface area contributed by atoms with Gasteiger partial charge in [0.15, 0.2) is 0 Å². The van der Waals surface area contributed by atoms with Gasteiger partial charge in [-0.3, -0.25) is 19.8 Å². The van der Waals surface area contributed by atoms with Crippen molar-refractivity contribution in [3.05, 3.63) is 21.9 Å². The molecule has 16 heavy (non-hydrogen) atoms. The fourth-order valence-corrected chi connectivity index (χ4v) is 2.85. The van der Waals surface area contributed by atoms with Crippen molar-refractivity contribution in [1.29, 1.82) is 0 Å². The van der Waals surface area contributed by atoms with Crippen LogP contribution >= 0.6 is 11.3 Å². The zero-order chi connectivity index (χ0) is 11.5. The molecule has 0 aromatic carbocycles. The Morgan fingerprint density at radius 3 is 2.69 bits per heavy atom. The Kier molecular flexibility index (Phi) is 3.36. The van der Waals surface area contributed by atoms with E-state index in [1.54, 1.807) is 11.3 Å². The van der Waals surface area contributed by atoms with Crippen LogP contribution < -0.4 is 5.32 Å². The van der Waals surface area contributed by atoms with Crippen molar-refractivity contribution in [2.24, 2.45) is 0 Å². The number of thiophene rings is 1. The quantitative estimate of drug-likeness (QED) is 0.791. The van der Waals surface area contributed by atoms with Crippen LogP contribution in [0.4, 0.5) is 0 Å². The zero-order valence-electron chi connectivity index (χ0n) is 9.16. The molecule has 2 heterocycles. The van der Waals surface area contributed by atoms with E-state index in [1.165, 1.54) is 10.4 Å². The highest BCUT2D eigenvalue weighted by atomic mass is 32.1. The van der Waals surface area contributed by atoms with Gasteiger partial charge in [0.25, 0.3) is 0 Å². The van der Waals surface area contributed by atoms with Gasteiger partial charge in [0.1, 0.15) is 0 Å². The molecule has 1 aromatic rings. The van der Waals surface area contributed by atoms with E-state index in [2.05, 4.69) is 23.7 Å². The van der Waals surface area contributed by atoms with Crippen LogP contribution in [0.25, 0.3) is 0 Å². The number of imide groups is 1. The average Bonchev–Trinajstić information content (AvgIpc) is 2.63. The van der Waals surface area contributed by atoms with Crippen molar-refractivity contribution in [2.45, 2.75) is 19.9 Å². The summed E-state index contributed by atoms with van der Waals surface area (Å²) in [5.41, 5.74) is 1.31. The van der Waals surface area contributed by atoms with Crippen molar-refractivity contribution in [2.75, 3.05) is 13.1 Å². The van der Waals surface area contributed by atoms with Gasteiger partial charge in [-0.05, 0) is 23.4 Å². The minimum Gasteiger partial charge on any atom is -0.294 e. The summed E-state index contributed by atoms with van der Waals surface area (Å²) >= 11 is 1.69. The van der Waals surface area contributed by atoms with Gasteiger partial charge in [-0.25, -0.2) is 0 Å². The molecule has 0 spiro atoms. The third kappa shape index (κ3) is 2.48. The van der Waals surface area contributed by atoms with Crippen molar-refractivity contribution >= 4 is 23.2 Å². The molecule has 5 heteroatoms. The number of nitrogens with zero attached hydrogens (tertiary/aromatic N) is 1. The lowest BCUT2D eigenvalue weighted by atomic mass is 10.2. The molecule has 2 rings (SSSR count). The lowest BCUT2D eigenvalue weighted by Gasteiger charge is -2.24. The maximum atomic E-state index is 11.2. The first-order chi connectivity index (χ1) is 7.69. The second-order valence-corrected chi connectivity index (χ2v) is 4.84. The Balaban J connectivity index is 2.04. The highest BCUT2D eigenvalue weighted by Gasteiger charge is 2.22. The Morgan fingerprint density at radius 1 is 1.38 bits per heavy atom. The molecule has 1 N–H and O–H groups in total. The van der Waals surface area contributed by atoms with E-state index in [0.717, 1.165) is 6.42 Å². The molecular weight excluding hydrogens is 224 g/mol. The standard InChI is InChI=1S/C11H14N2O2S/c1-2-8-3-4-16-9(8)5-13-6-10(14)12-11(15)7-13/h3-4H,2,5-7H2,1H3,(H,12,14,15). The van der Waals surface area contributed by atoms with Gasteiger partial charge in [0.05, 0.1) is 13.1 Å².